The highest BCUT2D eigenvalue weighted by Gasteiger charge is 2.24. The predicted molar refractivity (Wildman–Crippen MR) is 154 cm³/mol. The summed E-state index contributed by atoms with van der Waals surface area (Å²) in [6, 6.07) is 0. The monoisotopic (exact) mass is 476 g/mol. The van der Waals surface area contributed by atoms with E-state index in [1.54, 1.807) is 0 Å². The van der Waals surface area contributed by atoms with Crippen molar-refractivity contribution in [1.82, 2.24) is 0 Å². The maximum Gasteiger partial charge on any atom is 0.0894 e. The van der Waals surface area contributed by atoms with Gasteiger partial charge >= 0.3 is 0 Å². The molecule has 0 N–H and O–H groups in total. The molecule has 5 rings (SSSR count). The minimum atomic E-state index is 0.950. The Labute approximate surface area is 215 Å². The van der Waals surface area contributed by atoms with E-state index in [0.717, 1.165) is 97.0 Å². The van der Waals surface area contributed by atoms with E-state index in [0.29, 0.717) is 0 Å². The Bertz CT molecular complexity index is 1140. The van der Waals surface area contributed by atoms with Crippen LogP contribution in [-0.2, 0) is 0 Å². The number of allylic oxidation sites excluding steroid dienone is 12. The second-order valence-electron chi connectivity index (χ2n) is 9.78. The Kier molecular flexibility index (Phi) is 7.22. The molecule has 0 amide bonds. The van der Waals surface area contributed by atoms with Crippen molar-refractivity contribution in [3.05, 3.63) is 93.7 Å². The summed E-state index contributed by atoms with van der Waals surface area (Å²) < 4.78 is 0. The Hall–Kier alpha value is -3.40. The number of fused-ring (bicyclic) bond motifs is 4. The van der Waals surface area contributed by atoms with E-state index in [2.05, 4.69) is 76.3 Å². The molecule has 0 aromatic heterocycles. The van der Waals surface area contributed by atoms with Crippen molar-refractivity contribution in [2.24, 2.45) is 20.0 Å². The molecule has 0 atom stereocenters. The molecular formula is C32H36N4. The van der Waals surface area contributed by atoms with Gasteiger partial charge in [0, 0.05) is 0 Å². The minimum absolute atomic E-state index is 0.950. The third-order valence-corrected chi connectivity index (χ3v) is 7.05. The van der Waals surface area contributed by atoms with Crippen LogP contribution < -0.4 is 0 Å². The molecule has 5 aliphatic heterocycles. The first-order valence-electron chi connectivity index (χ1n) is 13.7. The largest absolute Gasteiger partial charge is 0.246 e. The molecule has 0 aromatic carbocycles. The molecule has 4 heteroatoms. The average molecular weight is 477 g/mol. The second-order valence-corrected chi connectivity index (χ2v) is 9.78. The van der Waals surface area contributed by atoms with E-state index in [1.165, 1.54) is 22.3 Å². The quantitative estimate of drug-likeness (QED) is 0.338. The van der Waals surface area contributed by atoms with Crippen LogP contribution in [0.2, 0.25) is 0 Å². The van der Waals surface area contributed by atoms with Crippen LogP contribution in [0.25, 0.3) is 0 Å². The molecule has 8 bridgehead atoms. The molecule has 36 heavy (non-hydrogen) atoms. The summed E-state index contributed by atoms with van der Waals surface area (Å²) in [6.07, 6.45) is 25.4. The van der Waals surface area contributed by atoms with Gasteiger partial charge in [0.05, 0.1) is 45.6 Å². The number of hydrogen-bond acceptors (Lipinski definition) is 4. The summed E-state index contributed by atoms with van der Waals surface area (Å²) in [6.45, 7) is 8.94. The van der Waals surface area contributed by atoms with E-state index < -0.39 is 0 Å². The lowest BCUT2D eigenvalue weighted by Gasteiger charge is -2.14. The fourth-order valence-corrected chi connectivity index (χ4v) is 5.43. The SMILES string of the molecule is CCCC1=C(CCC)C2=NC(=C3C=CC(=N3)C(CCC)=C(CCC)C3=NC(=C4C=CC1=N4)C=C3)C=C2. The number of hydrogen-bond donors (Lipinski definition) is 0. The average Bonchev–Trinajstić information content (AvgIpc) is 3.68. The van der Waals surface area contributed by atoms with E-state index in [9.17, 15) is 0 Å². The predicted octanol–water partition coefficient (Wildman–Crippen LogP) is 8.26. The fourth-order valence-electron chi connectivity index (χ4n) is 5.43. The van der Waals surface area contributed by atoms with Crippen LogP contribution in [0.15, 0.2) is 114 Å². The highest BCUT2D eigenvalue weighted by atomic mass is 14.9. The van der Waals surface area contributed by atoms with Crippen molar-refractivity contribution in [1.29, 1.82) is 0 Å². The van der Waals surface area contributed by atoms with Crippen molar-refractivity contribution < 1.29 is 0 Å². The summed E-state index contributed by atoms with van der Waals surface area (Å²) in [5, 5.41) is 0. The van der Waals surface area contributed by atoms with E-state index in [4.69, 9.17) is 20.0 Å². The van der Waals surface area contributed by atoms with Gasteiger partial charge in [0.25, 0.3) is 0 Å². The van der Waals surface area contributed by atoms with Crippen LogP contribution in [-0.4, -0.2) is 22.8 Å². The summed E-state index contributed by atoms with van der Waals surface area (Å²) >= 11 is 0. The number of nitrogens with zero attached hydrogens (tertiary/aromatic N) is 4. The number of aliphatic imine (C=N–C) groups is 4. The van der Waals surface area contributed by atoms with Crippen LogP contribution in [0.4, 0.5) is 0 Å². The lowest BCUT2D eigenvalue weighted by Crippen LogP contribution is -2.09. The molecule has 0 spiro atoms. The Balaban J connectivity index is 1.77. The lowest BCUT2D eigenvalue weighted by molar-refractivity contribution is 0.885. The van der Waals surface area contributed by atoms with Crippen molar-refractivity contribution in [2.75, 3.05) is 0 Å². The summed E-state index contributed by atoms with van der Waals surface area (Å²) in [5.74, 6) is 0. The molecule has 0 radical (unpaired) electrons. The molecule has 5 heterocycles. The molecular weight excluding hydrogens is 440 g/mol. The highest BCUT2D eigenvalue weighted by Crippen LogP contribution is 2.33. The third kappa shape index (κ3) is 4.57. The van der Waals surface area contributed by atoms with Gasteiger partial charge in [0.1, 0.15) is 0 Å². The van der Waals surface area contributed by atoms with Gasteiger partial charge < -0.3 is 0 Å². The Morgan fingerprint density at radius 2 is 0.583 bits per heavy atom. The molecule has 0 saturated carbocycles. The van der Waals surface area contributed by atoms with Gasteiger partial charge in [-0.3, -0.25) is 0 Å². The van der Waals surface area contributed by atoms with Crippen molar-refractivity contribution >= 4 is 22.8 Å². The summed E-state index contributed by atoms with van der Waals surface area (Å²) in [7, 11) is 0. The van der Waals surface area contributed by atoms with Gasteiger partial charge in [0.2, 0.25) is 0 Å². The van der Waals surface area contributed by atoms with Gasteiger partial charge in [-0.05, 0) is 96.6 Å². The summed E-state index contributed by atoms with van der Waals surface area (Å²) in [5.41, 5.74) is 13.3. The van der Waals surface area contributed by atoms with Crippen LogP contribution in [0.5, 0.6) is 0 Å². The Morgan fingerprint density at radius 3 is 0.778 bits per heavy atom. The first-order valence-corrected chi connectivity index (χ1v) is 13.7. The van der Waals surface area contributed by atoms with Gasteiger partial charge in [-0.25, -0.2) is 20.0 Å². The molecule has 0 aromatic rings. The van der Waals surface area contributed by atoms with Crippen LogP contribution in [0.3, 0.4) is 0 Å². The molecule has 0 fully saturated rings. The normalized spacial score (nSPS) is 20.3. The topological polar surface area (TPSA) is 49.4 Å². The van der Waals surface area contributed by atoms with Gasteiger partial charge in [-0.2, -0.15) is 0 Å². The van der Waals surface area contributed by atoms with Crippen molar-refractivity contribution in [3.8, 4) is 0 Å². The van der Waals surface area contributed by atoms with Crippen molar-refractivity contribution in [2.45, 2.75) is 79.1 Å². The van der Waals surface area contributed by atoms with Gasteiger partial charge in [0.15, 0.2) is 0 Å². The zero-order valence-corrected chi connectivity index (χ0v) is 22.1. The maximum absolute atomic E-state index is 5.11. The van der Waals surface area contributed by atoms with Crippen LogP contribution >= 0.6 is 0 Å². The molecule has 4 nitrogen and oxygen atoms in total. The zero-order valence-electron chi connectivity index (χ0n) is 22.1. The molecule has 5 aliphatic rings. The molecule has 0 saturated heterocycles. The number of rotatable bonds is 8. The second kappa shape index (κ2) is 10.7. The Morgan fingerprint density at radius 1 is 0.361 bits per heavy atom. The van der Waals surface area contributed by atoms with Gasteiger partial charge in [-0.15, -0.1) is 0 Å². The van der Waals surface area contributed by atoms with Crippen LogP contribution in [0.1, 0.15) is 79.1 Å². The lowest BCUT2D eigenvalue weighted by atomic mass is 9.92. The maximum atomic E-state index is 5.11. The van der Waals surface area contributed by atoms with E-state index in [1.807, 2.05) is 0 Å². The zero-order chi connectivity index (χ0) is 25.1. The first-order chi connectivity index (χ1) is 17.7. The van der Waals surface area contributed by atoms with E-state index >= 15 is 0 Å². The standard InChI is InChI=1S/C32H36N4/c1-5-9-21-22(10-6-2)26-14-18-31(34-26)32-20-16-28(36-32)24(12-8-4)23(11-7-3)27-15-19-30(35-27)29-17-13-25(21)33-29/h13-20H,5-12H2,1-4H3. The van der Waals surface area contributed by atoms with Crippen LogP contribution in [0, 0.1) is 0 Å². The fraction of sp³-hybridized carbons (Fsp3) is 0.375. The third-order valence-electron chi connectivity index (χ3n) is 7.05. The smallest absolute Gasteiger partial charge is 0.0894 e. The van der Waals surface area contributed by atoms with E-state index in [-0.39, 0.29) is 0 Å². The summed E-state index contributed by atoms with van der Waals surface area (Å²) in [4.78, 5) is 20.4. The molecule has 0 unspecified atom stereocenters. The first kappa shape index (κ1) is 24.3. The minimum Gasteiger partial charge on any atom is -0.246 e. The van der Waals surface area contributed by atoms with Crippen molar-refractivity contribution in [3.63, 3.8) is 0 Å². The van der Waals surface area contributed by atoms with Gasteiger partial charge in [-0.1, -0.05) is 53.4 Å². The molecule has 184 valence electrons. The highest BCUT2D eigenvalue weighted by molar-refractivity contribution is 6.22. The molecule has 0 aliphatic carbocycles.